The molecule has 1 aromatic heterocycles. The standard InChI is InChI=1S/C20H19NO3/c1-4-24-20(22)18-9-10-19(21-13(18)2)16-6-5-15-12-17(23-3)8-7-14(15)11-16/h5-12H,4H2,1-3H3. The maximum Gasteiger partial charge on any atom is 0.339 e. The topological polar surface area (TPSA) is 48.4 Å². The second-order valence-electron chi connectivity index (χ2n) is 5.48. The summed E-state index contributed by atoms with van der Waals surface area (Å²) in [5.74, 6) is 0.502. The number of aromatic nitrogens is 1. The van der Waals surface area contributed by atoms with Gasteiger partial charge in [-0.2, -0.15) is 0 Å². The number of hydrogen-bond donors (Lipinski definition) is 0. The average molecular weight is 321 g/mol. The molecule has 0 aliphatic heterocycles. The highest BCUT2D eigenvalue weighted by molar-refractivity contribution is 5.91. The van der Waals surface area contributed by atoms with E-state index in [1.54, 1.807) is 20.1 Å². The fourth-order valence-corrected chi connectivity index (χ4v) is 2.66. The highest BCUT2D eigenvalue weighted by Crippen LogP contribution is 2.26. The van der Waals surface area contributed by atoms with Crippen molar-refractivity contribution in [3.05, 3.63) is 59.8 Å². The van der Waals surface area contributed by atoms with E-state index in [1.807, 2.05) is 43.3 Å². The molecule has 3 rings (SSSR count). The van der Waals surface area contributed by atoms with E-state index in [0.717, 1.165) is 27.8 Å². The molecule has 0 atom stereocenters. The second kappa shape index (κ2) is 6.71. The Morgan fingerprint density at radius 3 is 2.50 bits per heavy atom. The molecule has 0 bridgehead atoms. The van der Waals surface area contributed by atoms with Gasteiger partial charge in [-0.05, 0) is 55.0 Å². The number of aryl methyl sites for hydroxylation is 1. The summed E-state index contributed by atoms with van der Waals surface area (Å²) < 4.78 is 10.3. The summed E-state index contributed by atoms with van der Waals surface area (Å²) in [6, 6.07) is 15.7. The number of rotatable bonds is 4. The summed E-state index contributed by atoms with van der Waals surface area (Å²) in [6.45, 7) is 3.97. The minimum Gasteiger partial charge on any atom is -0.497 e. The molecule has 24 heavy (non-hydrogen) atoms. The molecule has 0 aliphatic rings. The molecule has 0 amide bonds. The maximum atomic E-state index is 11.9. The first-order valence-corrected chi connectivity index (χ1v) is 7.85. The molecule has 1 heterocycles. The quantitative estimate of drug-likeness (QED) is 0.668. The molecule has 122 valence electrons. The zero-order chi connectivity index (χ0) is 17.1. The van der Waals surface area contributed by atoms with Crippen LogP contribution in [0, 0.1) is 6.92 Å². The summed E-state index contributed by atoms with van der Waals surface area (Å²) in [5.41, 5.74) is 3.01. The molecular weight excluding hydrogens is 302 g/mol. The van der Waals surface area contributed by atoms with Gasteiger partial charge < -0.3 is 9.47 Å². The lowest BCUT2D eigenvalue weighted by Gasteiger charge is -2.09. The number of carbonyl (C=O) groups excluding carboxylic acids is 1. The molecule has 0 fully saturated rings. The van der Waals surface area contributed by atoms with Gasteiger partial charge in [-0.1, -0.05) is 18.2 Å². The van der Waals surface area contributed by atoms with Gasteiger partial charge in [0.15, 0.2) is 0 Å². The zero-order valence-corrected chi connectivity index (χ0v) is 14.0. The van der Waals surface area contributed by atoms with Crippen LogP contribution in [0.25, 0.3) is 22.0 Å². The van der Waals surface area contributed by atoms with Crippen LogP contribution < -0.4 is 4.74 Å². The Bertz CT molecular complexity index is 903. The molecule has 4 heteroatoms. The third-order valence-electron chi connectivity index (χ3n) is 3.92. The van der Waals surface area contributed by atoms with Gasteiger partial charge in [-0.25, -0.2) is 4.79 Å². The van der Waals surface area contributed by atoms with Crippen molar-refractivity contribution >= 4 is 16.7 Å². The van der Waals surface area contributed by atoms with E-state index >= 15 is 0 Å². The molecule has 3 aromatic rings. The zero-order valence-electron chi connectivity index (χ0n) is 14.0. The van der Waals surface area contributed by atoms with Crippen molar-refractivity contribution in [3.63, 3.8) is 0 Å². The van der Waals surface area contributed by atoms with Gasteiger partial charge in [0.1, 0.15) is 5.75 Å². The summed E-state index contributed by atoms with van der Waals surface area (Å²) in [5, 5.41) is 2.22. The monoisotopic (exact) mass is 321 g/mol. The Labute approximate surface area is 141 Å². The molecule has 0 saturated carbocycles. The number of fused-ring (bicyclic) bond motifs is 1. The van der Waals surface area contributed by atoms with Crippen LogP contribution in [0.4, 0.5) is 0 Å². The number of esters is 1. The third-order valence-corrected chi connectivity index (χ3v) is 3.92. The lowest BCUT2D eigenvalue weighted by atomic mass is 10.0. The fraction of sp³-hybridized carbons (Fsp3) is 0.200. The Hall–Kier alpha value is -2.88. The first kappa shape index (κ1) is 16.0. The minimum absolute atomic E-state index is 0.334. The van der Waals surface area contributed by atoms with Gasteiger partial charge in [0, 0.05) is 5.56 Å². The first-order chi connectivity index (χ1) is 11.6. The van der Waals surface area contributed by atoms with Gasteiger partial charge in [0.25, 0.3) is 0 Å². The van der Waals surface area contributed by atoms with Crippen LogP contribution in [0.1, 0.15) is 23.0 Å². The molecule has 0 unspecified atom stereocenters. The van der Waals surface area contributed by atoms with Crippen molar-refractivity contribution in [2.45, 2.75) is 13.8 Å². The Morgan fingerprint density at radius 2 is 1.79 bits per heavy atom. The predicted octanol–water partition coefficient (Wildman–Crippen LogP) is 4.40. The normalized spacial score (nSPS) is 10.6. The molecule has 2 aromatic carbocycles. The Balaban J connectivity index is 1.98. The maximum absolute atomic E-state index is 11.9. The van der Waals surface area contributed by atoms with Gasteiger partial charge in [-0.15, -0.1) is 0 Å². The number of pyridine rings is 1. The average Bonchev–Trinajstić information content (AvgIpc) is 2.60. The summed E-state index contributed by atoms with van der Waals surface area (Å²) >= 11 is 0. The second-order valence-corrected chi connectivity index (χ2v) is 5.48. The van der Waals surface area contributed by atoms with Crippen LogP contribution in [0.3, 0.4) is 0 Å². The lowest BCUT2D eigenvalue weighted by molar-refractivity contribution is 0.0525. The smallest absolute Gasteiger partial charge is 0.339 e. The number of methoxy groups -OCH3 is 1. The molecular formula is C20H19NO3. The van der Waals surface area contributed by atoms with Crippen molar-refractivity contribution in [3.8, 4) is 17.0 Å². The SMILES string of the molecule is CCOC(=O)c1ccc(-c2ccc3cc(OC)ccc3c2)nc1C. The fourth-order valence-electron chi connectivity index (χ4n) is 2.66. The van der Waals surface area contributed by atoms with E-state index in [-0.39, 0.29) is 5.97 Å². The molecule has 0 saturated heterocycles. The third kappa shape index (κ3) is 3.08. The number of carbonyl (C=O) groups is 1. The van der Waals surface area contributed by atoms with Crippen molar-refractivity contribution in [1.82, 2.24) is 4.98 Å². The predicted molar refractivity (Wildman–Crippen MR) is 94.4 cm³/mol. The van der Waals surface area contributed by atoms with Crippen LogP contribution in [-0.2, 0) is 4.74 Å². The Morgan fingerprint density at radius 1 is 1.04 bits per heavy atom. The van der Waals surface area contributed by atoms with E-state index in [2.05, 4.69) is 11.1 Å². The van der Waals surface area contributed by atoms with Gasteiger partial charge in [0.05, 0.1) is 30.7 Å². The molecule has 0 radical (unpaired) electrons. The largest absolute Gasteiger partial charge is 0.497 e. The highest BCUT2D eigenvalue weighted by atomic mass is 16.5. The number of hydrogen-bond acceptors (Lipinski definition) is 4. The van der Waals surface area contributed by atoms with Crippen molar-refractivity contribution in [2.75, 3.05) is 13.7 Å². The number of ether oxygens (including phenoxy) is 2. The van der Waals surface area contributed by atoms with Crippen LogP contribution in [0.15, 0.2) is 48.5 Å². The van der Waals surface area contributed by atoms with Gasteiger partial charge in [0.2, 0.25) is 0 Å². The van der Waals surface area contributed by atoms with E-state index in [0.29, 0.717) is 17.9 Å². The summed E-state index contributed by atoms with van der Waals surface area (Å²) in [6.07, 6.45) is 0. The van der Waals surface area contributed by atoms with Crippen molar-refractivity contribution < 1.29 is 14.3 Å². The first-order valence-electron chi connectivity index (χ1n) is 7.85. The summed E-state index contributed by atoms with van der Waals surface area (Å²) in [4.78, 5) is 16.4. The van der Waals surface area contributed by atoms with Crippen LogP contribution in [0.5, 0.6) is 5.75 Å². The molecule has 0 aliphatic carbocycles. The van der Waals surface area contributed by atoms with E-state index < -0.39 is 0 Å². The van der Waals surface area contributed by atoms with Crippen LogP contribution in [-0.4, -0.2) is 24.7 Å². The van der Waals surface area contributed by atoms with E-state index in [4.69, 9.17) is 9.47 Å². The minimum atomic E-state index is -0.334. The van der Waals surface area contributed by atoms with Crippen LogP contribution >= 0.6 is 0 Å². The molecule has 0 N–H and O–H groups in total. The molecule has 0 spiro atoms. The van der Waals surface area contributed by atoms with Crippen molar-refractivity contribution in [2.24, 2.45) is 0 Å². The van der Waals surface area contributed by atoms with Crippen molar-refractivity contribution in [1.29, 1.82) is 0 Å². The van der Waals surface area contributed by atoms with E-state index in [9.17, 15) is 4.79 Å². The highest BCUT2D eigenvalue weighted by Gasteiger charge is 2.12. The van der Waals surface area contributed by atoms with Gasteiger partial charge >= 0.3 is 5.97 Å². The summed E-state index contributed by atoms with van der Waals surface area (Å²) in [7, 11) is 1.66. The van der Waals surface area contributed by atoms with Gasteiger partial charge in [-0.3, -0.25) is 4.98 Å². The Kier molecular flexibility index (Phi) is 4.47. The number of nitrogens with zero attached hydrogens (tertiary/aromatic N) is 1. The number of benzene rings is 2. The lowest BCUT2D eigenvalue weighted by Crippen LogP contribution is -2.08. The van der Waals surface area contributed by atoms with Crippen LogP contribution in [0.2, 0.25) is 0 Å². The van der Waals surface area contributed by atoms with E-state index in [1.165, 1.54) is 0 Å². The molecule has 4 nitrogen and oxygen atoms in total.